The molecule has 3 aromatic rings. The number of benzene rings is 3. The van der Waals surface area contributed by atoms with Gasteiger partial charge in [-0.25, -0.2) is 0 Å². The van der Waals surface area contributed by atoms with Crippen LogP contribution in [0.4, 0.5) is 0 Å². The molecule has 0 bridgehead atoms. The van der Waals surface area contributed by atoms with Gasteiger partial charge in [0.25, 0.3) is 5.91 Å². The predicted molar refractivity (Wildman–Crippen MR) is 143 cm³/mol. The van der Waals surface area contributed by atoms with Gasteiger partial charge in [0, 0.05) is 19.6 Å². The van der Waals surface area contributed by atoms with Crippen LogP contribution >= 0.6 is 0 Å². The smallest absolute Gasteiger partial charge is 0.261 e. The second-order valence-electron chi connectivity index (χ2n) is 10.0. The normalized spacial score (nSPS) is 16.5. The van der Waals surface area contributed by atoms with Gasteiger partial charge in [0.1, 0.15) is 5.75 Å². The van der Waals surface area contributed by atoms with Crippen LogP contribution in [0.2, 0.25) is 0 Å². The highest BCUT2D eigenvalue weighted by Crippen LogP contribution is 2.38. The molecule has 1 amide bonds. The Morgan fingerprint density at radius 2 is 1.86 bits per heavy atom. The van der Waals surface area contributed by atoms with Gasteiger partial charge in [-0.15, -0.1) is 0 Å². The second-order valence-corrected chi connectivity index (χ2v) is 10.0. The molecule has 0 radical (unpaired) electrons. The van der Waals surface area contributed by atoms with E-state index in [2.05, 4.69) is 97.7 Å². The molecule has 0 aromatic heterocycles. The van der Waals surface area contributed by atoms with Crippen molar-refractivity contribution in [2.75, 3.05) is 13.1 Å². The highest BCUT2D eigenvalue weighted by Gasteiger charge is 2.30. The molecule has 1 N–H and O–H groups in total. The molecular formula is C31H38N2O2. The average molecular weight is 471 g/mol. The summed E-state index contributed by atoms with van der Waals surface area (Å²) in [5.41, 5.74) is 6.51. The number of aryl methyl sites for hydroxylation is 1. The molecule has 184 valence electrons. The summed E-state index contributed by atoms with van der Waals surface area (Å²) < 4.78 is 6.25. The van der Waals surface area contributed by atoms with Crippen molar-refractivity contribution in [3.8, 4) is 5.75 Å². The van der Waals surface area contributed by atoms with Crippen molar-refractivity contribution in [1.82, 2.24) is 10.2 Å². The van der Waals surface area contributed by atoms with Gasteiger partial charge in [0.15, 0.2) is 6.10 Å². The highest BCUT2D eigenvalue weighted by atomic mass is 16.5. The lowest BCUT2D eigenvalue weighted by molar-refractivity contribution is -0.128. The van der Waals surface area contributed by atoms with Crippen LogP contribution in [0, 0.1) is 12.8 Å². The SMILES string of the molecule is CC[C@H](Oc1ccc2c(c1)[C@@H](c1ccccc1)N(Cc1cccc(C)c1)CC2)C(=O)NCC(C)C. The lowest BCUT2D eigenvalue weighted by Crippen LogP contribution is -2.39. The Morgan fingerprint density at radius 3 is 2.57 bits per heavy atom. The first-order valence-electron chi connectivity index (χ1n) is 12.9. The number of rotatable bonds is 9. The van der Waals surface area contributed by atoms with E-state index in [0.717, 1.165) is 25.3 Å². The maximum atomic E-state index is 12.7. The maximum Gasteiger partial charge on any atom is 0.261 e. The lowest BCUT2D eigenvalue weighted by Gasteiger charge is -2.38. The van der Waals surface area contributed by atoms with Crippen LogP contribution in [0.5, 0.6) is 5.75 Å². The van der Waals surface area contributed by atoms with Crippen LogP contribution < -0.4 is 10.1 Å². The Labute approximate surface area is 210 Å². The molecule has 2 atom stereocenters. The van der Waals surface area contributed by atoms with Gasteiger partial charge in [-0.2, -0.15) is 0 Å². The Hall–Kier alpha value is -3.11. The molecule has 35 heavy (non-hydrogen) atoms. The first-order valence-corrected chi connectivity index (χ1v) is 12.9. The molecule has 4 heteroatoms. The Bertz CT molecular complexity index is 1130. The number of hydrogen-bond acceptors (Lipinski definition) is 3. The zero-order valence-corrected chi connectivity index (χ0v) is 21.5. The third-order valence-electron chi connectivity index (χ3n) is 6.65. The number of carbonyl (C=O) groups is 1. The minimum atomic E-state index is -0.492. The molecule has 1 aliphatic rings. The highest BCUT2D eigenvalue weighted by molar-refractivity contribution is 5.81. The van der Waals surface area contributed by atoms with E-state index in [1.807, 2.05) is 13.0 Å². The van der Waals surface area contributed by atoms with Gasteiger partial charge >= 0.3 is 0 Å². The van der Waals surface area contributed by atoms with Gasteiger partial charge in [-0.1, -0.05) is 87.0 Å². The van der Waals surface area contributed by atoms with Crippen LogP contribution in [-0.2, 0) is 17.8 Å². The quantitative estimate of drug-likeness (QED) is 0.413. The van der Waals surface area contributed by atoms with Crippen molar-refractivity contribution in [3.63, 3.8) is 0 Å². The van der Waals surface area contributed by atoms with Crippen LogP contribution in [0.1, 0.15) is 61.1 Å². The number of amides is 1. The number of hydrogen-bond donors (Lipinski definition) is 1. The summed E-state index contributed by atoms with van der Waals surface area (Å²) in [5.74, 6) is 1.12. The summed E-state index contributed by atoms with van der Waals surface area (Å²) in [6.45, 7) is 10.9. The van der Waals surface area contributed by atoms with E-state index < -0.39 is 6.10 Å². The number of carbonyl (C=O) groups excluding carboxylic acids is 1. The van der Waals surface area contributed by atoms with Crippen LogP contribution in [-0.4, -0.2) is 30.0 Å². The lowest BCUT2D eigenvalue weighted by atomic mass is 9.87. The summed E-state index contributed by atoms with van der Waals surface area (Å²) in [5, 5.41) is 3.02. The van der Waals surface area contributed by atoms with Crippen LogP contribution in [0.3, 0.4) is 0 Å². The van der Waals surface area contributed by atoms with Crippen molar-refractivity contribution >= 4 is 5.91 Å². The van der Waals surface area contributed by atoms with E-state index in [-0.39, 0.29) is 11.9 Å². The fourth-order valence-electron chi connectivity index (χ4n) is 4.86. The molecule has 0 unspecified atom stereocenters. The largest absolute Gasteiger partial charge is 0.481 e. The molecule has 1 aliphatic heterocycles. The van der Waals surface area contributed by atoms with Crippen molar-refractivity contribution in [2.24, 2.45) is 5.92 Å². The van der Waals surface area contributed by atoms with Crippen molar-refractivity contribution in [2.45, 2.75) is 59.2 Å². The number of fused-ring (bicyclic) bond motifs is 1. The molecular weight excluding hydrogens is 432 g/mol. The van der Waals surface area contributed by atoms with Gasteiger partial charge in [0.05, 0.1) is 6.04 Å². The number of nitrogens with zero attached hydrogens (tertiary/aromatic N) is 1. The van der Waals surface area contributed by atoms with E-state index in [1.54, 1.807) is 0 Å². The summed E-state index contributed by atoms with van der Waals surface area (Å²) in [6, 6.07) is 26.0. The molecule has 3 aromatic carbocycles. The zero-order chi connectivity index (χ0) is 24.8. The van der Waals surface area contributed by atoms with Crippen LogP contribution in [0.25, 0.3) is 0 Å². The third-order valence-corrected chi connectivity index (χ3v) is 6.65. The van der Waals surface area contributed by atoms with E-state index >= 15 is 0 Å². The Kier molecular flexibility index (Phi) is 8.25. The average Bonchev–Trinajstić information content (AvgIpc) is 2.86. The standard InChI is InChI=1S/C31H38N2O2/c1-5-29(31(34)32-20-22(2)3)35-27-15-14-25-16-17-33(21-24-11-9-10-23(4)18-24)30(28(25)19-27)26-12-7-6-8-13-26/h6-15,18-19,22,29-30H,5,16-17,20-21H2,1-4H3,(H,32,34)/t29-,30+/m0/s1. The minimum Gasteiger partial charge on any atom is -0.481 e. The molecule has 0 saturated heterocycles. The van der Waals surface area contributed by atoms with Gasteiger partial charge in [-0.3, -0.25) is 9.69 Å². The van der Waals surface area contributed by atoms with E-state index in [4.69, 9.17) is 4.74 Å². The summed E-state index contributed by atoms with van der Waals surface area (Å²) in [6.07, 6.45) is 1.13. The zero-order valence-electron chi connectivity index (χ0n) is 21.5. The fraction of sp³-hybridized carbons (Fsp3) is 0.387. The van der Waals surface area contributed by atoms with Crippen molar-refractivity contribution in [1.29, 1.82) is 0 Å². The van der Waals surface area contributed by atoms with E-state index in [1.165, 1.54) is 27.8 Å². The summed E-state index contributed by atoms with van der Waals surface area (Å²) >= 11 is 0. The van der Waals surface area contributed by atoms with Crippen molar-refractivity contribution < 1.29 is 9.53 Å². The van der Waals surface area contributed by atoms with Crippen LogP contribution in [0.15, 0.2) is 72.8 Å². The first kappa shape index (κ1) is 25.0. The summed E-state index contributed by atoms with van der Waals surface area (Å²) in [4.78, 5) is 15.3. The molecule has 0 aliphatic carbocycles. The molecule has 4 rings (SSSR count). The van der Waals surface area contributed by atoms with Gasteiger partial charge in [-0.05, 0) is 60.1 Å². The minimum absolute atomic E-state index is 0.0420. The van der Waals surface area contributed by atoms with E-state index in [0.29, 0.717) is 18.9 Å². The first-order chi connectivity index (χ1) is 16.9. The fourth-order valence-corrected chi connectivity index (χ4v) is 4.86. The second kappa shape index (κ2) is 11.5. The molecule has 0 fully saturated rings. The molecule has 0 spiro atoms. The van der Waals surface area contributed by atoms with Crippen molar-refractivity contribution in [3.05, 3.63) is 101 Å². The molecule has 4 nitrogen and oxygen atoms in total. The topological polar surface area (TPSA) is 41.6 Å². The van der Waals surface area contributed by atoms with E-state index in [9.17, 15) is 4.79 Å². The monoisotopic (exact) mass is 470 g/mol. The Balaban J connectivity index is 1.63. The number of ether oxygens (including phenoxy) is 1. The third kappa shape index (κ3) is 6.32. The van der Waals surface area contributed by atoms with Gasteiger partial charge < -0.3 is 10.1 Å². The molecule has 1 heterocycles. The Morgan fingerprint density at radius 1 is 1.06 bits per heavy atom. The number of nitrogens with one attached hydrogen (secondary N) is 1. The summed E-state index contributed by atoms with van der Waals surface area (Å²) in [7, 11) is 0. The maximum absolute atomic E-state index is 12.7. The van der Waals surface area contributed by atoms with Gasteiger partial charge in [0.2, 0.25) is 0 Å². The molecule has 0 saturated carbocycles. The predicted octanol–water partition coefficient (Wildman–Crippen LogP) is 6.07.